The Hall–Kier alpha value is -2.60. The van der Waals surface area contributed by atoms with Crippen LogP contribution in [0.3, 0.4) is 0 Å². The van der Waals surface area contributed by atoms with Crippen molar-refractivity contribution in [2.24, 2.45) is 5.92 Å². The molecule has 5 nitrogen and oxygen atoms in total. The number of carbonyl (C=O) groups excluding carboxylic acids is 1. The maximum Gasteiger partial charge on any atom is 0.238 e. The number of hydrogen-bond donors (Lipinski definition) is 2. The molecule has 0 aliphatic carbocycles. The highest BCUT2D eigenvalue weighted by molar-refractivity contribution is 5.93. The summed E-state index contributed by atoms with van der Waals surface area (Å²) in [5.41, 5.74) is 1.51. The van der Waals surface area contributed by atoms with Crippen molar-refractivity contribution in [3.8, 4) is 11.5 Å². The predicted octanol–water partition coefficient (Wildman–Crippen LogP) is 3.77. The number of nitrogens with one attached hydrogen (secondary N) is 2. The number of carbonyl (C=O) groups is 1. The van der Waals surface area contributed by atoms with Gasteiger partial charge >= 0.3 is 0 Å². The van der Waals surface area contributed by atoms with E-state index in [0.717, 1.165) is 5.56 Å². The number of methoxy groups -OCH3 is 2. The Balaban J connectivity index is 2.01. The zero-order valence-corrected chi connectivity index (χ0v) is 15.5. The highest BCUT2D eigenvalue weighted by atomic mass is 19.1. The van der Waals surface area contributed by atoms with Crippen LogP contribution in [0.4, 0.5) is 10.1 Å². The van der Waals surface area contributed by atoms with Crippen LogP contribution >= 0.6 is 0 Å². The van der Waals surface area contributed by atoms with Gasteiger partial charge in [0.25, 0.3) is 0 Å². The third kappa shape index (κ3) is 5.20. The van der Waals surface area contributed by atoms with Crippen LogP contribution in [0.15, 0.2) is 42.5 Å². The van der Waals surface area contributed by atoms with Gasteiger partial charge in [-0.15, -0.1) is 0 Å². The molecule has 0 aliphatic rings. The lowest BCUT2D eigenvalue weighted by Gasteiger charge is -2.23. The number of ether oxygens (including phenoxy) is 2. The number of rotatable bonds is 8. The Bertz CT molecular complexity index is 732. The lowest BCUT2D eigenvalue weighted by molar-refractivity contribution is -0.115. The van der Waals surface area contributed by atoms with Gasteiger partial charge in [-0.3, -0.25) is 4.79 Å². The standard InChI is InChI=1S/C20H25FN2O3/c1-13(2)20(14-5-7-15(21)8-6-14)22-12-19(24)23-17-10-9-16(25-3)11-18(17)26-4/h5-11,13,20,22H,12H2,1-4H3,(H,23,24)/t20-/m0/s1. The van der Waals surface area contributed by atoms with Crippen LogP contribution in [0.5, 0.6) is 11.5 Å². The number of anilines is 1. The van der Waals surface area contributed by atoms with E-state index in [1.807, 2.05) is 13.8 Å². The van der Waals surface area contributed by atoms with Gasteiger partial charge in [0.15, 0.2) is 0 Å². The minimum atomic E-state index is -0.277. The second kappa shape index (κ2) is 9.20. The van der Waals surface area contributed by atoms with Gasteiger partial charge < -0.3 is 20.1 Å². The molecule has 0 heterocycles. The summed E-state index contributed by atoms with van der Waals surface area (Å²) >= 11 is 0. The minimum Gasteiger partial charge on any atom is -0.497 e. The summed E-state index contributed by atoms with van der Waals surface area (Å²) in [6.45, 7) is 4.21. The molecule has 0 bridgehead atoms. The van der Waals surface area contributed by atoms with Crippen molar-refractivity contribution in [2.75, 3.05) is 26.1 Å². The Kier molecular flexibility index (Phi) is 6.97. The molecular weight excluding hydrogens is 335 g/mol. The van der Waals surface area contributed by atoms with Crippen LogP contribution in [0, 0.1) is 11.7 Å². The van der Waals surface area contributed by atoms with Crippen molar-refractivity contribution >= 4 is 11.6 Å². The highest BCUT2D eigenvalue weighted by Gasteiger charge is 2.17. The fourth-order valence-electron chi connectivity index (χ4n) is 2.71. The summed E-state index contributed by atoms with van der Waals surface area (Å²) in [6, 6.07) is 11.5. The minimum absolute atomic E-state index is 0.0564. The van der Waals surface area contributed by atoms with E-state index in [1.165, 1.54) is 19.2 Å². The Morgan fingerprint density at radius 2 is 1.77 bits per heavy atom. The summed E-state index contributed by atoms with van der Waals surface area (Å²) in [5, 5.41) is 6.06. The number of benzene rings is 2. The number of amides is 1. The topological polar surface area (TPSA) is 59.6 Å². The first kappa shape index (κ1) is 19.7. The quantitative estimate of drug-likeness (QED) is 0.752. The lowest BCUT2D eigenvalue weighted by Crippen LogP contribution is -2.33. The fourth-order valence-corrected chi connectivity index (χ4v) is 2.71. The first-order valence-corrected chi connectivity index (χ1v) is 8.45. The van der Waals surface area contributed by atoms with Crippen LogP contribution in [0.2, 0.25) is 0 Å². The van der Waals surface area contributed by atoms with Gasteiger partial charge in [0, 0.05) is 12.1 Å². The van der Waals surface area contributed by atoms with Crippen molar-refractivity contribution in [2.45, 2.75) is 19.9 Å². The molecule has 0 fully saturated rings. The van der Waals surface area contributed by atoms with E-state index in [1.54, 1.807) is 37.4 Å². The summed E-state index contributed by atoms with van der Waals surface area (Å²) in [4.78, 5) is 12.3. The van der Waals surface area contributed by atoms with Gasteiger partial charge in [-0.2, -0.15) is 0 Å². The second-order valence-corrected chi connectivity index (χ2v) is 6.27. The SMILES string of the molecule is COc1ccc(NC(=O)CN[C@H](c2ccc(F)cc2)C(C)C)c(OC)c1. The van der Waals surface area contributed by atoms with E-state index in [-0.39, 0.29) is 30.2 Å². The van der Waals surface area contributed by atoms with Crippen LogP contribution in [0.25, 0.3) is 0 Å². The molecule has 0 radical (unpaired) electrons. The van der Waals surface area contributed by atoms with E-state index in [0.29, 0.717) is 17.2 Å². The van der Waals surface area contributed by atoms with Gasteiger partial charge in [0.2, 0.25) is 5.91 Å². The molecule has 0 saturated heterocycles. The molecule has 140 valence electrons. The summed E-state index contributed by atoms with van der Waals surface area (Å²) < 4.78 is 23.6. The molecule has 0 saturated carbocycles. The van der Waals surface area contributed by atoms with Crippen LogP contribution in [-0.4, -0.2) is 26.7 Å². The smallest absolute Gasteiger partial charge is 0.238 e. The van der Waals surface area contributed by atoms with Crippen molar-refractivity contribution in [3.63, 3.8) is 0 Å². The van der Waals surface area contributed by atoms with Crippen molar-refractivity contribution in [3.05, 3.63) is 53.8 Å². The molecule has 0 unspecified atom stereocenters. The molecule has 1 amide bonds. The first-order chi connectivity index (χ1) is 12.4. The molecule has 1 atom stereocenters. The first-order valence-electron chi connectivity index (χ1n) is 8.45. The average Bonchev–Trinajstić information content (AvgIpc) is 2.63. The second-order valence-electron chi connectivity index (χ2n) is 6.27. The van der Waals surface area contributed by atoms with Crippen LogP contribution < -0.4 is 20.1 Å². The maximum atomic E-state index is 13.1. The Morgan fingerprint density at radius 3 is 2.35 bits per heavy atom. The molecule has 0 spiro atoms. The van der Waals surface area contributed by atoms with E-state index in [4.69, 9.17) is 9.47 Å². The zero-order valence-electron chi connectivity index (χ0n) is 15.5. The monoisotopic (exact) mass is 360 g/mol. The molecular formula is C20H25FN2O3. The van der Waals surface area contributed by atoms with Crippen molar-refractivity contribution in [1.82, 2.24) is 5.32 Å². The van der Waals surface area contributed by atoms with Gasteiger partial charge in [0.05, 0.1) is 26.5 Å². The summed E-state index contributed by atoms with van der Waals surface area (Å²) in [6.07, 6.45) is 0. The Morgan fingerprint density at radius 1 is 1.08 bits per heavy atom. The maximum absolute atomic E-state index is 13.1. The molecule has 26 heavy (non-hydrogen) atoms. The normalized spacial score (nSPS) is 11.9. The van der Waals surface area contributed by atoms with Crippen LogP contribution in [-0.2, 0) is 4.79 Å². The molecule has 2 aromatic rings. The molecule has 2 N–H and O–H groups in total. The number of hydrogen-bond acceptors (Lipinski definition) is 4. The summed E-state index contributed by atoms with van der Waals surface area (Å²) in [5.74, 6) is 0.941. The molecule has 2 rings (SSSR count). The molecule has 2 aromatic carbocycles. The van der Waals surface area contributed by atoms with Gasteiger partial charge in [0.1, 0.15) is 17.3 Å². The molecule has 6 heteroatoms. The predicted molar refractivity (Wildman–Crippen MR) is 100 cm³/mol. The third-order valence-electron chi connectivity index (χ3n) is 4.06. The van der Waals surface area contributed by atoms with Gasteiger partial charge in [-0.1, -0.05) is 26.0 Å². The van der Waals surface area contributed by atoms with Crippen molar-refractivity contribution in [1.29, 1.82) is 0 Å². The zero-order chi connectivity index (χ0) is 19.1. The van der Waals surface area contributed by atoms with Crippen LogP contribution in [0.1, 0.15) is 25.5 Å². The van der Waals surface area contributed by atoms with Crippen molar-refractivity contribution < 1.29 is 18.7 Å². The van der Waals surface area contributed by atoms with E-state index in [2.05, 4.69) is 10.6 Å². The molecule has 0 aromatic heterocycles. The van der Waals surface area contributed by atoms with Gasteiger partial charge in [-0.25, -0.2) is 4.39 Å². The number of halogens is 1. The summed E-state index contributed by atoms with van der Waals surface area (Å²) in [7, 11) is 3.10. The average molecular weight is 360 g/mol. The lowest BCUT2D eigenvalue weighted by atomic mass is 9.96. The van der Waals surface area contributed by atoms with E-state index in [9.17, 15) is 9.18 Å². The van der Waals surface area contributed by atoms with E-state index >= 15 is 0 Å². The third-order valence-corrected chi connectivity index (χ3v) is 4.06. The Labute approximate surface area is 153 Å². The fraction of sp³-hybridized carbons (Fsp3) is 0.350. The van der Waals surface area contributed by atoms with E-state index < -0.39 is 0 Å². The largest absolute Gasteiger partial charge is 0.497 e. The highest BCUT2D eigenvalue weighted by Crippen LogP contribution is 2.29. The molecule has 0 aliphatic heterocycles. The van der Waals surface area contributed by atoms with Gasteiger partial charge in [-0.05, 0) is 35.7 Å².